The van der Waals surface area contributed by atoms with Crippen LogP contribution >= 0.6 is 0 Å². The molecule has 1 saturated heterocycles. The molecule has 4 heteroatoms. The molecule has 1 saturated carbocycles. The third-order valence-electron chi connectivity index (χ3n) is 4.57. The Morgan fingerprint density at radius 2 is 2.00 bits per heavy atom. The number of carbonyl (C=O) groups excluding carboxylic acids is 1. The number of nitrogens with zero attached hydrogens (tertiary/aromatic N) is 1. The fourth-order valence-corrected chi connectivity index (χ4v) is 3.56. The van der Waals surface area contributed by atoms with Gasteiger partial charge < -0.3 is 15.3 Å². The van der Waals surface area contributed by atoms with Crippen LogP contribution in [0.25, 0.3) is 0 Å². The Hall–Kier alpha value is -0.610. The molecule has 4 nitrogen and oxygen atoms in total. The van der Waals surface area contributed by atoms with E-state index in [1.807, 2.05) is 4.90 Å². The van der Waals surface area contributed by atoms with E-state index in [1.165, 1.54) is 6.42 Å². The summed E-state index contributed by atoms with van der Waals surface area (Å²) in [5.41, 5.74) is 0. The van der Waals surface area contributed by atoms with E-state index in [-0.39, 0.29) is 18.6 Å². The lowest BCUT2D eigenvalue weighted by atomic mass is 9.94. The standard InChI is InChI=1S/C15H28N2O2/c1-11(2)16-14-7-4-8-17(15(14)19)9-12-5-3-6-13(12)10-18/h11-14,16,18H,3-10H2,1-2H3. The Labute approximate surface area is 116 Å². The van der Waals surface area contributed by atoms with Crippen molar-refractivity contribution in [2.45, 2.75) is 58.0 Å². The van der Waals surface area contributed by atoms with Gasteiger partial charge in [-0.25, -0.2) is 0 Å². The molecule has 1 amide bonds. The highest BCUT2D eigenvalue weighted by Gasteiger charge is 2.34. The van der Waals surface area contributed by atoms with Crippen LogP contribution in [0, 0.1) is 11.8 Å². The molecule has 3 atom stereocenters. The zero-order chi connectivity index (χ0) is 13.8. The van der Waals surface area contributed by atoms with Gasteiger partial charge in [0.2, 0.25) is 5.91 Å². The van der Waals surface area contributed by atoms with Gasteiger partial charge in [-0.2, -0.15) is 0 Å². The van der Waals surface area contributed by atoms with Gasteiger partial charge in [0, 0.05) is 25.7 Å². The van der Waals surface area contributed by atoms with Crippen molar-refractivity contribution in [3.05, 3.63) is 0 Å². The number of hydrogen-bond donors (Lipinski definition) is 2. The smallest absolute Gasteiger partial charge is 0.239 e. The van der Waals surface area contributed by atoms with Crippen LogP contribution in [-0.2, 0) is 4.79 Å². The number of aliphatic hydroxyl groups excluding tert-OH is 1. The van der Waals surface area contributed by atoms with Crippen LogP contribution in [0.4, 0.5) is 0 Å². The monoisotopic (exact) mass is 268 g/mol. The molecule has 0 spiro atoms. The number of aliphatic hydroxyl groups is 1. The van der Waals surface area contributed by atoms with Crippen molar-refractivity contribution in [2.24, 2.45) is 11.8 Å². The number of hydrogen-bond acceptors (Lipinski definition) is 3. The predicted molar refractivity (Wildman–Crippen MR) is 75.8 cm³/mol. The number of carbonyl (C=O) groups is 1. The Kier molecular flexibility index (Phi) is 5.22. The molecule has 1 heterocycles. The average molecular weight is 268 g/mol. The maximum Gasteiger partial charge on any atom is 0.239 e. The topological polar surface area (TPSA) is 52.6 Å². The fraction of sp³-hybridized carbons (Fsp3) is 0.933. The van der Waals surface area contributed by atoms with E-state index in [0.29, 0.717) is 17.9 Å². The number of piperidine rings is 1. The second-order valence-corrected chi connectivity index (χ2v) is 6.43. The highest BCUT2D eigenvalue weighted by Crippen LogP contribution is 2.32. The Balaban J connectivity index is 1.90. The molecule has 1 aliphatic carbocycles. The predicted octanol–water partition coefficient (Wildman–Crippen LogP) is 1.38. The van der Waals surface area contributed by atoms with Gasteiger partial charge in [0.1, 0.15) is 0 Å². The molecule has 19 heavy (non-hydrogen) atoms. The maximum atomic E-state index is 12.4. The first kappa shape index (κ1) is 14.8. The summed E-state index contributed by atoms with van der Waals surface area (Å²) in [7, 11) is 0. The van der Waals surface area contributed by atoms with E-state index in [9.17, 15) is 9.90 Å². The Morgan fingerprint density at radius 1 is 1.26 bits per heavy atom. The summed E-state index contributed by atoms with van der Waals surface area (Å²) >= 11 is 0. The first-order chi connectivity index (χ1) is 9.11. The molecule has 3 unspecified atom stereocenters. The summed E-state index contributed by atoms with van der Waals surface area (Å²) in [6, 6.07) is 0.355. The molecule has 1 aliphatic heterocycles. The van der Waals surface area contributed by atoms with Crippen LogP contribution in [0.5, 0.6) is 0 Å². The summed E-state index contributed by atoms with van der Waals surface area (Å²) in [5, 5.41) is 12.8. The van der Waals surface area contributed by atoms with Crippen molar-refractivity contribution >= 4 is 5.91 Å². The maximum absolute atomic E-state index is 12.4. The zero-order valence-electron chi connectivity index (χ0n) is 12.3. The summed E-state index contributed by atoms with van der Waals surface area (Å²) in [6.45, 7) is 6.19. The Morgan fingerprint density at radius 3 is 2.68 bits per heavy atom. The van der Waals surface area contributed by atoms with Crippen molar-refractivity contribution in [1.82, 2.24) is 10.2 Å². The average Bonchev–Trinajstić information content (AvgIpc) is 2.81. The molecule has 2 aliphatic rings. The van der Waals surface area contributed by atoms with Gasteiger partial charge in [0.25, 0.3) is 0 Å². The molecule has 0 aromatic heterocycles. The van der Waals surface area contributed by atoms with Crippen LogP contribution < -0.4 is 5.32 Å². The molecule has 0 aromatic rings. The molecule has 110 valence electrons. The molecule has 0 bridgehead atoms. The van der Waals surface area contributed by atoms with Gasteiger partial charge in [0.15, 0.2) is 0 Å². The number of amides is 1. The van der Waals surface area contributed by atoms with Crippen LogP contribution in [0.2, 0.25) is 0 Å². The normalized spacial score (nSPS) is 32.3. The fourth-order valence-electron chi connectivity index (χ4n) is 3.56. The molecule has 0 radical (unpaired) electrons. The van der Waals surface area contributed by atoms with Crippen molar-refractivity contribution < 1.29 is 9.90 Å². The van der Waals surface area contributed by atoms with Crippen molar-refractivity contribution in [1.29, 1.82) is 0 Å². The number of rotatable bonds is 5. The summed E-state index contributed by atoms with van der Waals surface area (Å²) in [6.07, 6.45) is 5.54. The minimum atomic E-state index is 0.00253. The molecule has 2 rings (SSSR count). The first-order valence-electron chi connectivity index (χ1n) is 7.77. The van der Waals surface area contributed by atoms with Crippen molar-refractivity contribution in [3.8, 4) is 0 Å². The minimum absolute atomic E-state index is 0.00253. The largest absolute Gasteiger partial charge is 0.396 e. The number of nitrogens with one attached hydrogen (secondary N) is 1. The van der Waals surface area contributed by atoms with Crippen LogP contribution in [0.1, 0.15) is 46.0 Å². The van der Waals surface area contributed by atoms with E-state index in [4.69, 9.17) is 0 Å². The lowest BCUT2D eigenvalue weighted by molar-refractivity contribution is -0.137. The quantitative estimate of drug-likeness (QED) is 0.792. The van der Waals surface area contributed by atoms with E-state index >= 15 is 0 Å². The molecule has 2 N–H and O–H groups in total. The van der Waals surface area contributed by atoms with Crippen LogP contribution in [-0.4, -0.2) is 47.7 Å². The molecular formula is C15H28N2O2. The molecule has 2 fully saturated rings. The highest BCUT2D eigenvalue weighted by molar-refractivity contribution is 5.82. The minimum Gasteiger partial charge on any atom is -0.396 e. The van der Waals surface area contributed by atoms with E-state index < -0.39 is 0 Å². The third-order valence-corrected chi connectivity index (χ3v) is 4.57. The SMILES string of the molecule is CC(C)NC1CCCN(CC2CCCC2CO)C1=O. The van der Waals surface area contributed by atoms with E-state index in [0.717, 1.165) is 38.8 Å². The first-order valence-corrected chi connectivity index (χ1v) is 7.77. The van der Waals surface area contributed by atoms with Gasteiger partial charge in [-0.1, -0.05) is 20.3 Å². The van der Waals surface area contributed by atoms with Gasteiger partial charge in [-0.3, -0.25) is 4.79 Å². The molecule has 0 aromatic carbocycles. The van der Waals surface area contributed by atoms with Crippen molar-refractivity contribution in [3.63, 3.8) is 0 Å². The lowest BCUT2D eigenvalue weighted by Gasteiger charge is -2.36. The van der Waals surface area contributed by atoms with E-state index in [1.54, 1.807) is 0 Å². The second kappa shape index (κ2) is 6.71. The lowest BCUT2D eigenvalue weighted by Crippen LogP contribution is -2.53. The summed E-state index contributed by atoms with van der Waals surface area (Å²) in [5.74, 6) is 1.18. The summed E-state index contributed by atoms with van der Waals surface area (Å²) in [4.78, 5) is 14.5. The van der Waals surface area contributed by atoms with Gasteiger partial charge in [-0.05, 0) is 37.5 Å². The van der Waals surface area contributed by atoms with Crippen molar-refractivity contribution in [2.75, 3.05) is 19.7 Å². The molecular weight excluding hydrogens is 240 g/mol. The zero-order valence-corrected chi connectivity index (χ0v) is 12.3. The Bertz CT molecular complexity index is 307. The third kappa shape index (κ3) is 3.69. The second-order valence-electron chi connectivity index (χ2n) is 6.43. The summed E-state index contributed by atoms with van der Waals surface area (Å²) < 4.78 is 0. The van der Waals surface area contributed by atoms with Gasteiger partial charge in [-0.15, -0.1) is 0 Å². The van der Waals surface area contributed by atoms with Gasteiger partial charge in [0.05, 0.1) is 6.04 Å². The van der Waals surface area contributed by atoms with Crippen LogP contribution in [0.3, 0.4) is 0 Å². The van der Waals surface area contributed by atoms with Gasteiger partial charge >= 0.3 is 0 Å². The highest BCUT2D eigenvalue weighted by atomic mass is 16.3. The van der Waals surface area contributed by atoms with E-state index in [2.05, 4.69) is 19.2 Å². The number of likely N-dealkylation sites (tertiary alicyclic amines) is 1. The van der Waals surface area contributed by atoms with Crippen LogP contribution in [0.15, 0.2) is 0 Å².